The van der Waals surface area contributed by atoms with E-state index in [9.17, 15) is 28.1 Å². The lowest BCUT2D eigenvalue weighted by atomic mass is 10.0. The summed E-state index contributed by atoms with van der Waals surface area (Å²) < 4.78 is 45.5. The van der Waals surface area contributed by atoms with Crippen molar-refractivity contribution in [3.63, 3.8) is 0 Å². The Bertz CT molecular complexity index is 1450. The van der Waals surface area contributed by atoms with Crippen molar-refractivity contribution in [1.29, 1.82) is 0 Å². The van der Waals surface area contributed by atoms with Crippen molar-refractivity contribution in [2.75, 3.05) is 18.2 Å². The lowest BCUT2D eigenvalue weighted by Gasteiger charge is -2.14. The zero-order chi connectivity index (χ0) is 25.9. The molecule has 0 aliphatic carbocycles. The molecule has 4 aromatic rings. The van der Waals surface area contributed by atoms with Crippen LogP contribution in [0.1, 0.15) is 5.56 Å². The topological polar surface area (TPSA) is 94.4 Å². The van der Waals surface area contributed by atoms with Crippen LogP contribution < -0.4 is 10.1 Å². The summed E-state index contributed by atoms with van der Waals surface area (Å²) in [7, 11) is 1.54. The first-order valence-electron chi connectivity index (χ1n) is 10.5. The number of hydrogen-bond donors (Lipinski definition) is 1. The van der Waals surface area contributed by atoms with Crippen LogP contribution in [0.3, 0.4) is 0 Å². The summed E-state index contributed by atoms with van der Waals surface area (Å²) >= 11 is 1.05. The van der Waals surface area contributed by atoms with E-state index >= 15 is 0 Å². The highest BCUT2D eigenvalue weighted by Crippen LogP contribution is 2.37. The summed E-state index contributed by atoms with van der Waals surface area (Å²) in [5, 5.41) is 14.4. The van der Waals surface area contributed by atoms with Crippen LogP contribution in [0.25, 0.3) is 22.0 Å². The molecule has 184 valence electrons. The quantitative estimate of drug-likeness (QED) is 0.171. The molecule has 1 heterocycles. The van der Waals surface area contributed by atoms with Crippen LogP contribution in [0, 0.1) is 10.1 Å². The van der Waals surface area contributed by atoms with Gasteiger partial charge in [0, 0.05) is 23.6 Å². The molecule has 11 heteroatoms. The maximum absolute atomic E-state index is 13.4. The summed E-state index contributed by atoms with van der Waals surface area (Å²) in [6, 6.07) is 19.0. The fourth-order valence-corrected chi connectivity index (χ4v) is 4.27. The van der Waals surface area contributed by atoms with Gasteiger partial charge < -0.3 is 10.1 Å². The molecule has 0 aliphatic rings. The predicted molar refractivity (Wildman–Crippen MR) is 131 cm³/mol. The molecule has 0 atom stereocenters. The van der Waals surface area contributed by atoms with Gasteiger partial charge in [0.25, 0.3) is 5.69 Å². The van der Waals surface area contributed by atoms with Crippen LogP contribution in [-0.2, 0) is 11.0 Å². The molecule has 0 spiro atoms. The van der Waals surface area contributed by atoms with Crippen LogP contribution in [0.15, 0.2) is 77.8 Å². The van der Waals surface area contributed by atoms with E-state index in [1.165, 1.54) is 7.11 Å². The molecule has 0 bridgehead atoms. The minimum absolute atomic E-state index is 0.231. The van der Waals surface area contributed by atoms with Gasteiger partial charge >= 0.3 is 6.18 Å². The number of benzene rings is 3. The number of anilines is 1. The van der Waals surface area contributed by atoms with Gasteiger partial charge in [-0.1, -0.05) is 42.1 Å². The minimum Gasteiger partial charge on any atom is -0.497 e. The van der Waals surface area contributed by atoms with Gasteiger partial charge in [0.1, 0.15) is 5.75 Å². The van der Waals surface area contributed by atoms with E-state index in [1.54, 1.807) is 6.07 Å². The lowest BCUT2D eigenvalue weighted by molar-refractivity contribution is -0.385. The third-order valence-electron chi connectivity index (χ3n) is 5.22. The maximum Gasteiger partial charge on any atom is 0.418 e. The zero-order valence-electron chi connectivity index (χ0n) is 18.7. The number of halogens is 3. The Morgan fingerprint density at radius 3 is 2.50 bits per heavy atom. The SMILES string of the molecule is COc1ccc2c(-c3ccccc3)cc(SCC(=O)Nc3ccc([N+](=O)[O-])cc3C(F)(F)F)nc2c1. The number of ether oxygens (including phenoxy) is 1. The van der Waals surface area contributed by atoms with Crippen LogP contribution in [0.5, 0.6) is 5.75 Å². The number of nitrogens with zero attached hydrogens (tertiary/aromatic N) is 2. The number of aromatic nitrogens is 1. The Kier molecular flexibility index (Phi) is 7.11. The molecule has 7 nitrogen and oxygen atoms in total. The number of pyridine rings is 1. The average molecular weight is 513 g/mol. The zero-order valence-corrected chi connectivity index (χ0v) is 19.5. The molecule has 0 aliphatic heterocycles. The number of carbonyl (C=O) groups excluding carboxylic acids is 1. The number of amides is 1. The van der Waals surface area contributed by atoms with Crippen LogP contribution in [-0.4, -0.2) is 28.7 Å². The standard InChI is InChI=1S/C25H18F3N3O4S/c1-35-17-8-9-18-19(15-5-3-2-4-6-15)13-24(30-22(18)12-17)36-14-23(32)29-21-10-7-16(31(33)34)11-20(21)25(26,27)28/h2-13H,14H2,1H3,(H,29,32). The van der Waals surface area contributed by atoms with Gasteiger partial charge in [-0.2, -0.15) is 13.2 Å². The molecular formula is C25H18F3N3O4S. The Labute approximate surface area is 207 Å². The highest BCUT2D eigenvalue weighted by molar-refractivity contribution is 7.99. The Balaban J connectivity index is 1.60. The Hall–Kier alpha value is -4.12. The monoisotopic (exact) mass is 513 g/mol. The van der Waals surface area contributed by atoms with E-state index < -0.39 is 33.9 Å². The highest BCUT2D eigenvalue weighted by Gasteiger charge is 2.35. The number of nitro benzene ring substituents is 1. The van der Waals surface area contributed by atoms with E-state index in [1.807, 2.05) is 48.5 Å². The summed E-state index contributed by atoms with van der Waals surface area (Å²) in [6.45, 7) is 0. The second-order valence-corrected chi connectivity index (χ2v) is 8.57. The van der Waals surface area contributed by atoms with Crippen LogP contribution >= 0.6 is 11.8 Å². The van der Waals surface area contributed by atoms with Crippen LogP contribution in [0.4, 0.5) is 24.5 Å². The fraction of sp³-hybridized carbons (Fsp3) is 0.120. The minimum atomic E-state index is -4.88. The van der Waals surface area contributed by atoms with E-state index in [0.717, 1.165) is 40.4 Å². The van der Waals surface area contributed by atoms with Gasteiger partial charge in [-0.05, 0) is 35.4 Å². The van der Waals surface area contributed by atoms with Crippen molar-refractivity contribution in [2.45, 2.75) is 11.2 Å². The molecule has 0 saturated carbocycles. The van der Waals surface area contributed by atoms with E-state index in [4.69, 9.17) is 4.74 Å². The first-order valence-corrected chi connectivity index (χ1v) is 11.5. The Morgan fingerprint density at radius 2 is 1.83 bits per heavy atom. The molecular weight excluding hydrogens is 495 g/mol. The summed E-state index contributed by atoms with van der Waals surface area (Å²) in [5.74, 6) is -0.342. The molecule has 1 amide bonds. The number of alkyl halides is 3. The normalized spacial score (nSPS) is 11.3. The van der Waals surface area contributed by atoms with Crippen molar-refractivity contribution in [1.82, 2.24) is 4.98 Å². The van der Waals surface area contributed by atoms with Crippen molar-refractivity contribution >= 4 is 39.9 Å². The number of carbonyl (C=O) groups is 1. The first kappa shape index (κ1) is 25.0. The lowest BCUT2D eigenvalue weighted by Crippen LogP contribution is -2.18. The van der Waals surface area contributed by atoms with Crippen molar-refractivity contribution in [3.8, 4) is 16.9 Å². The molecule has 0 radical (unpaired) electrons. The third kappa shape index (κ3) is 5.57. The number of thioether (sulfide) groups is 1. The largest absolute Gasteiger partial charge is 0.497 e. The number of non-ortho nitro benzene ring substituents is 1. The summed E-state index contributed by atoms with van der Waals surface area (Å²) in [4.78, 5) is 27.0. The number of rotatable bonds is 7. The second-order valence-electron chi connectivity index (χ2n) is 7.58. The van der Waals surface area contributed by atoms with Gasteiger partial charge in [0.05, 0.1) is 39.6 Å². The fourth-order valence-electron chi connectivity index (χ4n) is 3.56. The van der Waals surface area contributed by atoms with Gasteiger partial charge in [-0.3, -0.25) is 14.9 Å². The molecule has 0 fully saturated rings. The van der Waals surface area contributed by atoms with Gasteiger partial charge in [0.15, 0.2) is 0 Å². The second kappa shape index (κ2) is 10.2. The van der Waals surface area contributed by atoms with Crippen molar-refractivity contribution < 1.29 is 27.6 Å². The van der Waals surface area contributed by atoms with Gasteiger partial charge in [0.2, 0.25) is 5.91 Å². The van der Waals surface area contributed by atoms with E-state index in [2.05, 4.69) is 10.3 Å². The molecule has 0 saturated heterocycles. The van der Waals surface area contributed by atoms with Gasteiger partial charge in [-0.25, -0.2) is 4.98 Å². The summed E-state index contributed by atoms with van der Waals surface area (Å²) in [6.07, 6.45) is -4.88. The maximum atomic E-state index is 13.4. The third-order valence-corrected chi connectivity index (χ3v) is 6.13. The Morgan fingerprint density at radius 1 is 1.08 bits per heavy atom. The molecule has 1 aromatic heterocycles. The number of nitro groups is 1. The number of fused-ring (bicyclic) bond motifs is 1. The predicted octanol–water partition coefficient (Wildman–Crippen LogP) is 6.57. The van der Waals surface area contributed by atoms with Gasteiger partial charge in [-0.15, -0.1) is 0 Å². The van der Waals surface area contributed by atoms with E-state index in [-0.39, 0.29) is 5.75 Å². The molecule has 0 unspecified atom stereocenters. The molecule has 4 rings (SSSR count). The highest BCUT2D eigenvalue weighted by atomic mass is 32.2. The first-order chi connectivity index (χ1) is 17.2. The molecule has 3 aromatic carbocycles. The number of methoxy groups -OCH3 is 1. The van der Waals surface area contributed by atoms with Crippen LogP contribution in [0.2, 0.25) is 0 Å². The molecule has 36 heavy (non-hydrogen) atoms. The summed E-state index contributed by atoms with van der Waals surface area (Å²) in [5.41, 5.74) is -0.132. The molecule has 1 N–H and O–H groups in total. The number of nitrogens with one attached hydrogen (secondary N) is 1. The number of hydrogen-bond acceptors (Lipinski definition) is 6. The smallest absolute Gasteiger partial charge is 0.418 e. The average Bonchev–Trinajstić information content (AvgIpc) is 2.86. The van der Waals surface area contributed by atoms with Crippen molar-refractivity contribution in [3.05, 3.63) is 88.5 Å². The van der Waals surface area contributed by atoms with E-state index in [0.29, 0.717) is 22.4 Å². The van der Waals surface area contributed by atoms with Crippen molar-refractivity contribution in [2.24, 2.45) is 0 Å².